The smallest absolute Gasteiger partial charge is 0.0737 e. The molecule has 0 fully saturated rings. The van der Waals surface area contributed by atoms with Gasteiger partial charge in [0.1, 0.15) is 0 Å². The first-order chi connectivity index (χ1) is 23.8. The Kier molecular flexibility index (Phi) is 21.8. The van der Waals surface area contributed by atoms with Crippen LogP contribution in [0.15, 0.2) is 146 Å². The second-order valence-corrected chi connectivity index (χ2v) is 12.0. The second-order valence-electron chi connectivity index (χ2n) is 12.0. The molecule has 9 rings (SSSR count). The average Bonchev–Trinajstić information content (AvgIpc) is 3.98. The number of H-pyrrole nitrogens is 2. The molecule has 270 valence electrons. The zero-order chi connectivity index (χ0) is 31.9. The van der Waals surface area contributed by atoms with Crippen LogP contribution in [0.5, 0.6) is 0 Å². The van der Waals surface area contributed by atoms with Crippen molar-refractivity contribution in [3.8, 4) is 44.5 Å². The fourth-order valence-electron chi connectivity index (χ4n) is 6.84. The van der Waals surface area contributed by atoms with Gasteiger partial charge in [-0.3, -0.25) is 0 Å². The maximum Gasteiger partial charge on any atom is 0.0737 e. The van der Waals surface area contributed by atoms with Crippen LogP contribution in [0.3, 0.4) is 0 Å². The fraction of sp³-hybridized carbons (Fsp3) is 0. The summed E-state index contributed by atoms with van der Waals surface area (Å²) in [5.41, 5.74) is 16.2. The molecule has 8 bridgehead atoms. The summed E-state index contributed by atoms with van der Waals surface area (Å²) >= 11 is 0. The van der Waals surface area contributed by atoms with E-state index in [2.05, 4.69) is 156 Å². The molecule has 7 aromatic rings. The Morgan fingerprint density at radius 2 is 0.464 bits per heavy atom. The zero-order valence-electron chi connectivity index (χ0n) is 32.4. The van der Waals surface area contributed by atoms with Crippen molar-refractivity contribution in [2.75, 3.05) is 0 Å². The number of nitrogens with zero attached hydrogens (tertiary/aromatic N) is 2. The Labute approximate surface area is 433 Å². The summed E-state index contributed by atoms with van der Waals surface area (Å²) in [5, 5.41) is 0. The molecule has 2 aliphatic heterocycles. The molecule has 2 aliphatic rings. The van der Waals surface area contributed by atoms with Gasteiger partial charge in [0.25, 0.3) is 0 Å². The molecule has 0 spiro atoms. The molecular weight excluding hydrogens is 988 g/mol. The van der Waals surface area contributed by atoms with Crippen molar-refractivity contribution < 1.29 is 131 Å². The van der Waals surface area contributed by atoms with E-state index in [0.29, 0.717) is 0 Å². The van der Waals surface area contributed by atoms with E-state index in [1.165, 1.54) is 0 Å². The molecule has 0 saturated carbocycles. The van der Waals surface area contributed by atoms with Crippen LogP contribution < -0.4 is 0 Å². The largest absolute Gasteiger partial charge is 0.358 e. The Morgan fingerprint density at radius 1 is 0.268 bits per heavy atom. The van der Waals surface area contributed by atoms with Gasteiger partial charge in [-0.25, -0.2) is 9.97 Å². The number of benzene rings is 4. The van der Waals surface area contributed by atoms with E-state index in [9.17, 15) is 0 Å². The summed E-state index contributed by atoms with van der Waals surface area (Å²) in [7, 11) is 0. The Bertz CT molecular complexity index is 2200. The van der Waals surface area contributed by atoms with Crippen molar-refractivity contribution in [2.24, 2.45) is 0 Å². The summed E-state index contributed by atoms with van der Waals surface area (Å²) in [6.07, 6.45) is 8.54. The van der Waals surface area contributed by atoms with E-state index in [0.717, 1.165) is 89.4 Å². The Morgan fingerprint density at radius 3 is 0.661 bits per heavy atom. The first-order valence-corrected chi connectivity index (χ1v) is 16.2. The minimum absolute atomic E-state index is 0. The van der Waals surface area contributed by atoms with Crippen LogP contribution in [0.25, 0.3) is 90.9 Å². The van der Waals surface area contributed by atoms with Gasteiger partial charge in [-0.15, -0.1) is 0 Å². The molecule has 0 saturated heterocycles. The maximum absolute atomic E-state index is 5.35. The van der Waals surface area contributed by atoms with Crippen LogP contribution in [-0.4, -0.2) is 19.9 Å². The summed E-state index contributed by atoms with van der Waals surface area (Å²) in [6, 6.07) is 50.7. The topological polar surface area (TPSA) is 57.4 Å². The first-order valence-electron chi connectivity index (χ1n) is 16.2. The van der Waals surface area contributed by atoms with Crippen LogP contribution in [-0.2, 0) is 131 Å². The van der Waals surface area contributed by atoms with E-state index >= 15 is 0 Å². The molecular formula is C48H42N4Y4-4. The second kappa shape index (κ2) is 23.5. The number of fused-ring (bicyclic) bond motifs is 8. The molecule has 4 radical (unpaired) electrons. The van der Waals surface area contributed by atoms with Crippen molar-refractivity contribution >= 4 is 46.4 Å². The maximum atomic E-state index is 5.35. The van der Waals surface area contributed by atoms with E-state index in [1.807, 2.05) is 24.3 Å². The number of hydrogen-bond donors (Lipinski definition) is 2. The number of aromatic nitrogens is 4. The third kappa shape index (κ3) is 10.4. The van der Waals surface area contributed by atoms with Crippen molar-refractivity contribution in [3.05, 3.63) is 198 Å². The fourth-order valence-corrected chi connectivity index (χ4v) is 6.84. The van der Waals surface area contributed by atoms with Crippen molar-refractivity contribution in [3.63, 3.8) is 0 Å². The summed E-state index contributed by atoms with van der Waals surface area (Å²) in [5.74, 6) is 0. The van der Waals surface area contributed by atoms with Gasteiger partial charge >= 0.3 is 0 Å². The predicted octanol–water partition coefficient (Wildman–Crippen LogP) is 13.1. The molecule has 5 heterocycles. The molecule has 56 heavy (non-hydrogen) atoms. The minimum atomic E-state index is 0. The summed E-state index contributed by atoms with van der Waals surface area (Å²) < 4.78 is 0. The molecule has 0 aliphatic carbocycles. The molecule has 0 amide bonds. The van der Waals surface area contributed by atoms with Gasteiger partial charge in [0.2, 0.25) is 0 Å². The molecule has 0 atom stereocenters. The van der Waals surface area contributed by atoms with E-state index in [-0.39, 0.29) is 161 Å². The van der Waals surface area contributed by atoms with Crippen LogP contribution in [0, 0.1) is 29.7 Å². The molecule has 3 aromatic heterocycles. The number of nitrogens with one attached hydrogen (secondary N) is 2. The Hall–Kier alpha value is -2.10. The quantitative estimate of drug-likeness (QED) is 0.173. The number of aromatic amines is 2. The van der Waals surface area contributed by atoms with Gasteiger partial charge in [0, 0.05) is 175 Å². The standard InChI is InChI=1S/C44H30N4.4CH3.4Y/c1-5-13-29(14-6-1)41-33-21-23-35(45-33)42(30-15-7-2-8-16-30)37-25-27-39(47-37)44(32-19-11-4-12-20-32)40-28-26-38(48-40)43(31-17-9-3-10-18-31)36-24-22-34(41)46-36;;;;;;;;/h1-28,45,48H;4*1H3;;;;/q;4*-1;;;;. The van der Waals surface area contributed by atoms with Crippen LogP contribution in [0.4, 0.5) is 0 Å². The zero-order valence-corrected chi connectivity index (χ0v) is 43.7. The molecule has 0 unspecified atom stereocenters. The van der Waals surface area contributed by atoms with E-state index in [1.54, 1.807) is 0 Å². The third-order valence-electron chi connectivity index (χ3n) is 9.00. The normalized spacial score (nSPS) is 10.3. The van der Waals surface area contributed by atoms with E-state index in [4.69, 9.17) is 9.97 Å². The van der Waals surface area contributed by atoms with Crippen molar-refractivity contribution in [2.45, 2.75) is 0 Å². The van der Waals surface area contributed by atoms with Crippen molar-refractivity contribution in [1.82, 2.24) is 19.9 Å². The predicted molar refractivity (Wildman–Crippen MR) is 226 cm³/mol. The van der Waals surface area contributed by atoms with Crippen LogP contribution in [0.1, 0.15) is 22.8 Å². The molecule has 8 heteroatoms. The van der Waals surface area contributed by atoms with Gasteiger partial charge in [-0.1, -0.05) is 121 Å². The van der Waals surface area contributed by atoms with E-state index < -0.39 is 0 Å². The molecule has 4 aromatic carbocycles. The first kappa shape index (κ1) is 51.9. The number of rotatable bonds is 4. The molecule has 4 nitrogen and oxygen atoms in total. The van der Waals surface area contributed by atoms with Gasteiger partial charge < -0.3 is 39.7 Å². The minimum Gasteiger partial charge on any atom is -0.358 e. The SMILES string of the molecule is C1=Cc2nc1c(-c1ccccc1)c1ccc([nH]1)c(-c1ccccc1)c1nc(c(-c3ccccc3)c3ccc([nH]3)c2-c2ccccc2)C=C1.[CH3-].[CH3-].[CH3-].[CH3-].[Y].[Y].[Y].[Y]. The van der Waals surface area contributed by atoms with Gasteiger partial charge in [0.05, 0.1) is 22.8 Å². The molecule has 2 N–H and O–H groups in total. The average molecular weight is 1030 g/mol. The summed E-state index contributed by atoms with van der Waals surface area (Å²) in [4.78, 5) is 18.3. The third-order valence-corrected chi connectivity index (χ3v) is 9.00. The van der Waals surface area contributed by atoms with Crippen molar-refractivity contribution in [1.29, 1.82) is 0 Å². The summed E-state index contributed by atoms with van der Waals surface area (Å²) in [6.45, 7) is 0. The van der Waals surface area contributed by atoms with Crippen LogP contribution in [0.2, 0.25) is 0 Å². The van der Waals surface area contributed by atoms with Gasteiger partial charge in [0.15, 0.2) is 0 Å². The monoisotopic (exact) mass is 1030 g/mol. The Balaban J connectivity index is 0.00000196. The van der Waals surface area contributed by atoms with Gasteiger partial charge in [-0.05, 0) is 70.8 Å². The number of hydrogen-bond acceptors (Lipinski definition) is 2. The van der Waals surface area contributed by atoms with Crippen LogP contribution >= 0.6 is 0 Å². The van der Waals surface area contributed by atoms with Gasteiger partial charge in [-0.2, -0.15) is 0 Å².